The van der Waals surface area contributed by atoms with Crippen LogP contribution >= 0.6 is 11.6 Å². The van der Waals surface area contributed by atoms with Crippen LogP contribution in [0.3, 0.4) is 0 Å². The van der Waals surface area contributed by atoms with Gasteiger partial charge in [0, 0.05) is 18.7 Å². The molecule has 110 valence electrons. The average molecular weight is 315 g/mol. The smallest absolute Gasteiger partial charge is 0.244 e. The summed E-state index contributed by atoms with van der Waals surface area (Å²) in [7, 11) is -2.03. The molecule has 1 unspecified atom stereocenters. The highest BCUT2D eigenvalue weighted by molar-refractivity contribution is 7.89. The molecule has 0 fully saturated rings. The molecule has 0 radical (unpaired) electrons. The largest absolute Gasteiger partial charge is 0.320 e. The van der Waals surface area contributed by atoms with Crippen LogP contribution in [0.25, 0.3) is 0 Å². The van der Waals surface area contributed by atoms with E-state index in [1.165, 1.54) is 10.4 Å². The van der Waals surface area contributed by atoms with Crippen LogP contribution in [0.15, 0.2) is 23.1 Å². The topological polar surface area (TPSA) is 63.4 Å². The van der Waals surface area contributed by atoms with Crippen molar-refractivity contribution in [2.24, 2.45) is 5.73 Å². The van der Waals surface area contributed by atoms with Crippen molar-refractivity contribution in [3.8, 4) is 11.8 Å². The predicted octanol–water partition coefficient (Wildman–Crippen LogP) is 2.07. The molecule has 0 saturated heterocycles. The number of nitrogens with zero attached hydrogens (tertiary/aromatic N) is 1. The van der Waals surface area contributed by atoms with Crippen LogP contribution in [-0.4, -0.2) is 32.4 Å². The third-order valence-electron chi connectivity index (χ3n) is 3.14. The van der Waals surface area contributed by atoms with Gasteiger partial charge in [0.05, 0.1) is 11.6 Å². The predicted molar refractivity (Wildman–Crippen MR) is 82.1 cm³/mol. The van der Waals surface area contributed by atoms with Crippen LogP contribution in [0.5, 0.6) is 0 Å². The zero-order valence-corrected chi connectivity index (χ0v) is 13.4. The monoisotopic (exact) mass is 314 g/mol. The van der Waals surface area contributed by atoms with Gasteiger partial charge in [-0.3, -0.25) is 0 Å². The number of benzene rings is 1. The Labute approximate surface area is 126 Å². The molecule has 1 aromatic carbocycles. The first-order valence-corrected chi connectivity index (χ1v) is 8.12. The van der Waals surface area contributed by atoms with Gasteiger partial charge in [-0.25, -0.2) is 8.42 Å². The number of rotatable bonds is 4. The molecule has 0 aliphatic heterocycles. The molecule has 20 heavy (non-hydrogen) atoms. The third kappa shape index (κ3) is 3.74. The maximum absolute atomic E-state index is 12.5. The molecule has 1 atom stereocenters. The van der Waals surface area contributed by atoms with Crippen LogP contribution in [-0.2, 0) is 10.0 Å². The van der Waals surface area contributed by atoms with Crippen molar-refractivity contribution in [3.05, 3.63) is 28.8 Å². The van der Waals surface area contributed by atoms with Crippen molar-refractivity contribution in [1.82, 2.24) is 4.31 Å². The Morgan fingerprint density at radius 1 is 1.45 bits per heavy atom. The molecule has 0 aliphatic rings. The molecule has 1 rings (SSSR count). The Morgan fingerprint density at radius 2 is 2.10 bits per heavy atom. The van der Waals surface area contributed by atoms with E-state index in [0.29, 0.717) is 5.56 Å². The van der Waals surface area contributed by atoms with Crippen LogP contribution in [0.4, 0.5) is 0 Å². The van der Waals surface area contributed by atoms with E-state index < -0.39 is 10.0 Å². The lowest BCUT2D eigenvalue weighted by Gasteiger charge is -2.23. The lowest BCUT2D eigenvalue weighted by Crippen LogP contribution is -2.34. The average Bonchev–Trinajstić information content (AvgIpc) is 2.43. The zero-order valence-electron chi connectivity index (χ0n) is 11.9. The van der Waals surface area contributed by atoms with Gasteiger partial charge >= 0.3 is 0 Å². The SMILES string of the molecule is CCC(C)N(C)S(=O)(=O)c1ccc(C#CCN)cc1Cl. The highest BCUT2D eigenvalue weighted by Gasteiger charge is 2.26. The molecule has 0 saturated carbocycles. The molecule has 0 bridgehead atoms. The number of nitrogens with two attached hydrogens (primary N) is 1. The van der Waals surface area contributed by atoms with Gasteiger partial charge in [0.15, 0.2) is 0 Å². The molecule has 0 heterocycles. The Morgan fingerprint density at radius 3 is 2.60 bits per heavy atom. The molecule has 0 amide bonds. The van der Waals surface area contributed by atoms with Crippen molar-refractivity contribution >= 4 is 21.6 Å². The Balaban J connectivity index is 3.20. The van der Waals surface area contributed by atoms with E-state index in [2.05, 4.69) is 11.8 Å². The van der Waals surface area contributed by atoms with E-state index in [1.807, 2.05) is 13.8 Å². The first-order chi connectivity index (χ1) is 9.34. The van der Waals surface area contributed by atoms with Gasteiger partial charge in [-0.1, -0.05) is 30.4 Å². The molecule has 4 nitrogen and oxygen atoms in total. The van der Waals surface area contributed by atoms with E-state index in [-0.39, 0.29) is 22.5 Å². The first kappa shape index (κ1) is 17.0. The summed E-state index contributed by atoms with van der Waals surface area (Å²) in [4.78, 5) is 0.0975. The Hall–Kier alpha value is -1.06. The summed E-state index contributed by atoms with van der Waals surface area (Å²) < 4.78 is 26.3. The summed E-state index contributed by atoms with van der Waals surface area (Å²) in [6.45, 7) is 4.03. The van der Waals surface area contributed by atoms with Gasteiger partial charge in [-0.15, -0.1) is 0 Å². The van der Waals surface area contributed by atoms with Gasteiger partial charge < -0.3 is 5.73 Å². The summed E-state index contributed by atoms with van der Waals surface area (Å²) in [5, 5.41) is 0.170. The Bertz CT molecular complexity index is 632. The molecule has 1 aromatic rings. The number of halogens is 1. The summed E-state index contributed by atoms with van der Waals surface area (Å²) in [6, 6.07) is 4.57. The lowest BCUT2D eigenvalue weighted by atomic mass is 10.2. The van der Waals surface area contributed by atoms with Crippen molar-refractivity contribution in [2.75, 3.05) is 13.6 Å². The second kappa shape index (κ2) is 7.09. The van der Waals surface area contributed by atoms with Crippen LogP contribution in [0.1, 0.15) is 25.8 Å². The second-order valence-electron chi connectivity index (χ2n) is 4.43. The van der Waals surface area contributed by atoms with Crippen molar-refractivity contribution in [1.29, 1.82) is 0 Å². The fraction of sp³-hybridized carbons (Fsp3) is 0.429. The van der Waals surface area contributed by atoms with Gasteiger partial charge in [0.25, 0.3) is 0 Å². The van der Waals surface area contributed by atoms with Crippen LogP contribution < -0.4 is 5.73 Å². The molecular weight excluding hydrogens is 296 g/mol. The number of sulfonamides is 1. The van der Waals surface area contributed by atoms with Gasteiger partial charge in [-0.2, -0.15) is 4.31 Å². The maximum atomic E-state index is 12.5. The van der Waals surface area contributed by atoms with E-state index in [0.717, 1.165) is 6.42 Å². The highest BCUT2D eigenvalue weighted by Crippen LogP contribution is 2.26. The fourth-order valence-corrected chi connectivity index (χ4v) is 3.54. The lowest BCUT2D eigenvalue weighted by molar-refractivity contribution is 0.380. The third-order valence-corrected chi connectivity index (χ3v) is 5.59. The van der Waals surface area contributed by atoms with E-state index in [9.17, 15) is 8.42 Å². The molecule has 6 heteroatoms. The molecule has 2 N–H and O–H groups in total. The van der Waals surface area contributed by atoms with Crippen LogP contribution in [0, 0.1) is 11.8 Å². The van der Waals surface area contributed by atoms with E-state index >= 15 is 0 Å². The minimum absolute atomic E-state index is 0.0900. The normalized spacial score (nSPS) is 12.9. The summed E-state index contributed by atoms with van der Waals surface area (Å²) in [6.07, 6.45) is 0.730. The fourth-order valence-electron chi connectivity index (χ4n) is 1.59. The second-order valence-corrected chi connectivity index (χ2v) is 6.80. The van der Waals surface area contributed by atoms with Crippen molar-refractivity contribution in [3.63, 3.8) is 0 Å². The van der Waals surface area contributed by atoms with E-state index in [4.69, 9.17) is 17.3 Å². The molecule has 0 aliphatic carbocycles. The summed E-state index contributed by atoms with van der Waals surface area (Å²) >= 11 is 6.08. The summed E-state index contributed by atoms with van der Waals surface area (Å²) in [5.41, 5.74) is 5.94. The zero-order chi connectivity index (χ0) is 15.3. The first-order valence-electron chi connectivity index (χ1n) is 6.31. The quantitative estimate of drug-likeness (QED) is 0.865. The maximum Gasteiger partial charge on any atom is 0.244 e. The molecule has 0 aromatic heterocycles. The highest BCUT2D eigenvalue weighted by atomic mass is 35.5. The summed E-state index contributed by atoms with van der Waals surface area (Å²) in [5.74, 6) is 5.52. The standard InChI is InChI=1S/C14H19ClN2O2S/c1-4-11(2)17(3)20(18,19)14-8-7-12(6-5-9-16)10-13(14)15/h7-8,10-11H,4,9,16H2,1-3H3. The van der Waals surface area contributed by atoms with Crippen LogP contribution in [0.2, 0.25) is 5.02 Å². The van der Waals surface area contributed by atoms with Gasteiger partial charge in [0.1, 0.15) is 4.90 Å². The Kier molecular flexibility index (Phi) is 6.03. The van der Waals surface area contributed by atoms with Crippen molar-refractivity contribution < 1.29 is 8.42 Å². The number of hydrogen-bond donors (Lipinski definition) is 1. The minimum atomic E-state index is -3.59. The molecule has 0 spiro atoms. The number of hydrogen-bond acceptors (Lipinski definition) is 3. The molecular formula is C14H19ClN2O2S. The van der Waals surface area contributed by atoms with Gasteiger partial charge in [0.2, 0.25) is 10.0 Å². The van der Waals surface area contributed by atoms with E-state index in [1.54, 1.807) is 19.2 Å². The van der Waals surface area contributed by atoms with Crippen molar-refractivity contribution in [2.45, 2.75) is 31.2 Å². The van der Waals surface area contributed by atoms with Gasteiger partial charge in [-0.05, 0) is 31.5 Å². The minimum Gasteiger partial charge on any atom is -0.320 e.